The molecule has 1 aromatic carbocycles. The lowest BCUT2D eigenvalue weighted by molar-refractivity contribution is 0.340. The molecule has 0 aliphatic carbocycles. The summed E-state index contributed by atoms with van der Waals surface area (Å²) < 4.78 is 8.56. The molecule has 2 heterocycles. The molecule has 0 bridgehead atoms. The molecule has 0 amide bonds. The Morgan fingerprint density at radius 1 is 1.20 bits per heavy atom. The van der Waals surface area contributed by atoms with Crippen LogP contribution in [0.3, 0.4) is 0 Å². The van der Waals surface area contributed by atoms with E-state index < -0.39 is 0 Å². The van der Waals surface area contributed by atoms with Gasteiger partial charge in [0.2, 0.25) is 0 Å². The fourth-order valence-electron chi connectivity index (χ4n) is 2.25. The molecule has 102 valence electrons. The topological polar surface area (TPSA) is 26.5 Å². The van der Waals surface area contributed by atoms with Crippen molar-refractivity contribution in [3.63, 3.8) is 0 Å². The number of ether oxygens (including phenoxy) is 1. The normalized spacial score (nSPS) is 10.9. The number of fused-ring (bicyclic) bond motifs is 1. The Kier molecular flexibility index (Phi) is 3.49. The minimum atomic E-state index is 0.681. The summed E-state index contributed by atoms with van der Waals surface area (Å²) in [5, 5.41) is 0. The Morgan fingerprint density at radius 3 is 2.65 bits per heavy atom. The molecule has 0 saturated carbocycles. The van der Waals surface area contributed by atoms with E-state index in [1.165, 1.54) is 0 Å². The summed E-state index contributed by atoms with van der Waals surface area (Å²) >= 11 is 3.51. The van der Waals surface area contributed by atoms with Crippen LogP contribution in [0.2, 0.25) is 0 Å². The van der Waals surface area contributed by atoms with E-state index in [1.54, 1.807) is 0 Å². The Bertz CT molecular complexity index is 747. The molecule has 3 rings (SSSR count). The van der Waals surface area contributed by atoms with Gasteiger partial charge in [0, 0.05) is 22.4 Å². The van der Waals surface area contributed by atoms with E-state index in [-0.39, 0.29) is 0 Å². The Hall–Kier alpha value is -1.81. The first-order valence-corrected chi connectivity index (χ1v) is 7.35. The van der Waals surface area contributed by atoms with Gasteiger partial charge < -0.3 is 9.14 Å². The molecule has 2 aromatic heterocycles. The number of hydrogen-bond acceptors (Lipinski definition) is 2. The van der Waals surface area contributed by atoms with Crippen LogP contribution in [-0.4, -0.2) is 16.0 Å². The molecule has 0 spiro atoms. The summed E-state index contributed by atoms with van der Waals surface area (Å²) in [7, 11) is 0. The molecule has 0 atom stereocenters. The number of benzene rings is 1. The van der Waals surface area contributed by atoms with E-state index in [1.807, 2.05) is 48.0 Å². The van der Waals surface area contributed by atoms with Gasteiger partial charge in [0.1, 0.15) is 11.4 Å². The number of nitrogens with zero attached hydrogens (tertiary/aromatic N) is 2. The number of aryl methyl sites for hydroxylation is 1. The van der Waals surface area contributed by atoms with E-state index >= 15 is 0 Å². The highest BCUT2D eigenvalue weighted by Crippen LogP contribution is 2.24. The predicted octanol–water partition coefficient (Wildman–Crippen LogP) is 4.47. The number of rotatable bonds is 3. The highest BCUT2D eigenvalue weighted by atomic mass is 79.9. The molecule has 0 aliphatic heterocycles. The maximum atomic E-state index is 5.46. The number of hydrogen-bond donors (Lipinski definition) is 0. The van der Waals surface area contributed by atoms with Gasteiger partial charge in [-0.15, -0.1) is 0 Å². The fourth-order valence-corrected chi connectivity index (χ4v) is 2.82. The van der Waals surface area contributed by atoms with Crippen molar-refractivity contribution >= 4 is 21.6 Å². The van der Waals surface area contributed by atoms with E-state index in [2.05, 4.69) is 28.9 Å². The number of halogens is 1. The van der Waals surface area contributed by atoms with Crippen LogP contribution in [-0.2, 0) is 0 Å². The minimum absolute atomic E-state index is 0.681. The number of pyridine rings is 1. The SMILES string of the molecule is CCOc1ccc(-c2cn3cc(Br)cc(C)c3n2)cc1. The third-order valence-electron chi connectivity index (χ3n) is 3.16. The van der Waals surface area contributed by atoms with Crippen molar-refractivity contribution in [3.8, 4) is 17.0 Å². The van der Waals surface area contributed by atoms with Crippen LogP contribution in [0.25, 0.3) is 16.9 Å². The molecule has 3 aromatic rings. The third kappa shape index (κ3) is 2.43. The van der Waals surface area contributed by atoms with E-state index in [9.17, 15) is 0 Å². The van der Waals surface area contributed by atoms with E-state index in [0.29, 0.717) is 6.61 Å². The maximum absolute atomic E-state index is 5.46. The average Bonchev–Trinajstić information content (AvgIpc) is 2.84. The molecule has 20 heavy (non-hydrogen) atoms. The monoisotopic (exact) mass is 330 g/mol. The molecule has 0 saturated heterocycles. The first kappa shape index (κ1) is 13.2. The van der Waals surface area contributed by atoms with Crippen molar-refractivity contribution < 1.29 is 4.74 Å². The van der Waals surface area contributed by atoms with Gasteiger partial charge in [-0.25, -0.2) is 4.98 Å². The van der Waals surface area contributed by atoms with E-state index in [0.717, 1.165) is 32.7 Å². The second-order valence-electron chi connectivity index (χ2n) is 4.66. The molecule has 0 unspecified atom stereocenters. The van der Waals surface area contributed by atoms with Crippen molar-refractivity contribution in [1.29, 1.82) is 0 Å². The first-order valence-electron chi connectivity index (χ1n) is 6.55. The summed E-state index contributed by atoms with van der Waals surface area (Å²) in [6.07, 6.45) is 4.07. The molecular formula is C16H15BrN2O. The van der Waals surface area contributed by atoms with Crippen LogP contribution in [0.5, 0.6) is 5.75 Å². The van der Waals surface area contributed by atoms with Gasteiger partial charge in [0.15, 0.2) is 0 Å². The zero-order valence-electron chi connectivity index (χ0n) is 11.4. The highest BCUT2D eigenvalue weighted by Gasteiger charge is 2.07. The van der Waals surface area contributed by atoms with Gasteiger partial charge in [-0.1, -0.05) is 0 Å². The van der Waals surface area contributed by atoms with Crippen LogP contribution in [0.15, 0.2) is 47.2 Å². The van der Waals surface area contributed by atoms with Crippen LogP contribution < -0.4 is 4.74 Å². The van der Waals surface area contributed by atoms with Crippen LogP contribution >= 0.6 is 15.9 Å². The van der Waals surface area contributed by atoms with Gasteiger partial charge in [0.25, 0.3) is 0 Å². The van der Waals surface area contributed by atoms with Crippen molar-refractivity contribution in [1.82, 2.24) is 9.38 Å². The summed E-state index contributed by atoms with van der Waals surface area (Å²) in [5.41, 5.74) is 4.19. The molecular weight excluding hydrogens is 316 g/mol. The zero-order chi connectivity index (χ0) is 14.1. The van der Waals surface area contributed by atoms with Crippen molar-refractivity contribution in [2.45, 2.75) is 13.8 Å². The van der Waals surface area contributed by atoms with Crippen molar-refractivity contribution in [2.24, 2.45) is 0 Å². The lowest BCUT2D eigenvalue weighted by Crippen LogP contribution is -1.90. The van der Waals surface area contributed by atoms with E-state index in [4.69, 9.17) is 9.72 Å². The molecule has 0 radical (unpaired) electrons. The summed E-state index contributed by atoms with van der Waals surface area (Å²) in [6, 6.07) is 10.1. The van der Waals surface area contributed by atoms with Crippen LogP contribution in [0.1, 0.15) is 12.5 Å². The lowest BCUT2D eigenvalue weighted by atomic mass is 10.2. The Balaban J connectivity index is 2.03. The van der Waals surface area contributed by atoms with Crippen LogP contribution in [0.4, 0.5) is 0 Å². The second-order valence-corrected chi connectivity index (χ2v) is 5.57. The van der Waals surface area contributed by atoms with Crippen molar-refractivity contribution in [2.75, 3.05) is 6.61 Å². The third-order valence-corrected chi connectivity index (χ3v) is 3.60. The summed E-state index contributed by atoms with van der Waals surface area (Å²) in [6.45, 7) is 4.73. The standard InChI is InChI=1S/C16H15BrN2O/c1-3-20-14-6-4-12(5-7-14)15-10-19-9-13(17)8-11(2)16(19)18-15/h4-10H,3H2,1-2H3. The van der Waals surface area contributed by atoms with Crippen LogP contribution in [0, 0.1) is 6.92 Å². The minimum Gasteiger partial charge on any atom is -0.494 e. The molecule has 4 heteroatoms. The Labute approximate surface area is 126 Å². The summed E-state index contributed by atoms with van der Waals surface area (Å²) in [5.74, 6) is 0.888. The number of aromatic nitrogens is 2. The predicted molar refractivity (Wildman–Crippen MR) is 84.2 cm³/mol. The lowest BCUT2D eigenvalue weighted by Gasteiger charge is -2.02. The summed E-state index contributed by atoms with van der Waals surface area (Å²) in [4.78, 5) is 4.70. The van der Waals surface area contributed by atoms with Gasteiger partial charge in [0.05, 0.1) is 12.3 Å². The smallest absolute Gasteiger partial charge is 0.140 e. The molecule has 3 nitrogen and oxygen atoms in total. The second kappa shape index (κ2) is 5.29. The van der Waals surface area contributed by atoms with Gasteiger partial charge in [-0.05, 0) is 65.7 Å². The molecule has 0 aliphatic rings. The molecule has 0 fully saturated rings. The molecule has 0 N–H and O–H groups in total. The highest BCUT2D eigenvalue weighted by molar-refractivity contribution is 9.10. The van der Waals surface area contributed by atoms with Gasteiger partial charge >= 0.3 is 0 Å². The average molecular weight is 331 g/mol. The largest absolute Gasteiger partial charge is 0.494 e. The zero-order valence-corrected chi connectivity index (χ0v) is 13.0. The maximum Gasteiger partial charge on any atom is 0.140 e. The first-order chi connectivity index (χ1) is 9.67. The van der Waals surface area contributed by atoms with Gasteiger partial charge in [-0.2, -0.15) is 0 Å². The fraction of sp³-hybridized carbons (Fsp3) is 0.188. The number of imidazole rings is 1. The quantitative estimate of drug-likeness (QED) is 0.708. The van der Waals surface area contributed by atoms with Gasteiger partial charge in [-0.3, -0.25) is 0 Å². The Morgan fingerprint density at radius 2 is 1.95 bits per heavy atom. The van der Waals surface area contributed by atoms with Crippen molar-refractivity contribution in [3.05, 3.63) is 52.8 Å².